The van der Waals surface area contributed by atoms with Gasteiger partial charge in [-0.25, -0.2) is 9.69 Å². The van der Waals surface area contributed by atoms with Crippen LogP contribution in [0.1, 0.15) is 40.5 Å². The Balaban J connectivity index is 1.64. The van der Waals surface area contributed by atoms with Gasteiger partial charge in [0.15, 0.2) is 5.75 Å². The topological polar surface area (TPSA) is 98.1 Å². The van der Waals surface area contributed by atoms with E-state index in [4.69, 9.17) is 9.47 Å². The molecule has 4 aromatic rings. The number of para-hydroxylation sites is 1. The van der Waals surface area contributed by atoms with E-state index in [1.165, 1.54) is 4.90 Å². The summed E-state index contributed by atoms with van der Waals surface area (Å²) in [5.74, 6) is -3.02. The van der Waals surface area contributed by atoms with E-state index in [2.05, 4.69) is 0 Å². The lowest BCUT2D eigenvalue weighted by molar-refractivity contribution is -0.122. The van der Waals surface area contributed by atoms with Crippen LogP contribution in [-0.4, -0.2) is 41.2 Å². The minimum atomic E-state index is -0.983. The van der Waals surface area contributed by atoms with Crippen molar-refractivity contribution in [1.82, 2.24) is 4.57 Å². The predicted molar refractivity (Wildman–Crippen MR) is 144 cm³/mol. The Hall–Kier alpha value is -4.85. The van der Waals surface area contributed by atoms with Crippen LogP contribution < -0.4 is 9.64 Å². The fourth-order valence-electron chi connectivity index (χ4n) is 5.91. The second-order valence-corrected chi connectivity index (χ2v) is 9.48. The maximum Gasteiger partial charge on any atom is 0.344 e. The molecule has 196 valence electrons. The molecule has 6 rings (SSSR count). The number of aromatic hydroxyl groups is 1. The molecule has 2 aliphatic rings. The van der Waals surface area contributed by atoms with Gasteiger partial charge in [0.1, 0.15) is 11.3 Å². The number of imide groups is 1. The lowest BCUT2D eigenvalue weighted by Gasteiger charge is -2.24. The number of aromatic nitrogens is 1. The lowest BCUT2D eigenvalue weighted by atomic mass is 9.86. The number of ether oxygens (including phenoxy) is 2. The first-order valence-corrected chi connectivity index (χ1v) is 12.7. The molecule has 3 atom stereocenters. The Bertz CT molecular complexity index is 1580. The number of hydrogen-bond acceptors (Lipinski definition) is 6. The first kappa shape index (κ1) is 24.5. The SMILES string of the molecule is CCOC(=O)c1c(O)c2n(c1-c1ccc(OC)cc1)[C@@H](c1ccccc1)[C@H]1C(=O)N(c3ccccc3)C(=O)[C@@H]21. The van der Waals surface area contributed by atoms with Gasteiger partial charge in [-0.05, 0) is 54.4 Å². The molecule has 3 heterocycles. The molecule has 0 radical (unpaired) electrons. The molecule has 39 heavy (non-hydrogen) atoms. The number of carbonyl (C=O) groups is 3. The van der Waals surface area contributed by atoms with Crippen LogP contribution in [0.4, 0.5) is 5.69 Å². The van der Waals surface area contributed by atoms with E-state index < -0.39 is 29.8 Å². The number of methoxy groups -OCH3 is 1. The van der Waals surface area contributed by atoms with Crippen LogP contribution in [0.5, 0.6) is 11.5 Å². The number of benzene rings is 3. The van der Waals surface area contributed by atoms with Crippen molar-refractivity contribution in [2.75, 3.05) is 18.6 Å². The lowest BCUT2D eigenvalue weighted by Crippen LogP contribution is -2.33. The van der Waals surface area contributed by atoms with Gasteiger partial charge in [0.2, 0.25) is 11.8 Å². The molecule has 0 bridgehead atoms. The largest absolute Gasteiger partial charge is 0.505 e. The third-order valence-corrected chi connectivity index (χ3v) is 7.48. The summed E-state index contributed by atoms with van der Waals surface area (Å²) in [6.07, 6.45) is 0. The van der Waals surface area contributed by atoms with Crippen molar-refractivity contribution in [3.05, 3.63) is 102 Å². The zero-order chi connectivity index (χ0) is 27.3. The molecule has 8 nitrogen and oxygen atoms in total. The number of fused-ring (bicyclic) bond motifs is 3. The Morgan fingerprint density at radius 2 is 1.54 bits per heavy atom. The zero-order valence-electron chi connectivity index (χ0n) is 21.4. The summed E-state index contributed by atoms with van der Waals surface area (Å²) in [7, 11) is 1.56. The van der Waals surface area contributed by atoms with Crippen LogP contribution in [0, 0.1) is 5.92 Å². The molecule has 3 aromatic carbocycles. The standard InChI is InChI=1S/C31H26N2O6/c1-3-39-31(37)24-26(19-14-16-21(38-2)17-15-19)33-25(18-10-6-4-7-11-18)22-23(27(33)28(24)34)30(36)32(29(22)35)20-12-8-5-9-13-20/h4-17,22-23,25,34H,3H2,1-2H3/t22-,23+,25-/m0/s1. The van der Waals surface area contributed by atoms with Crippen LogP contribution in [0.25, 0.3) is 11.3 Å². The molecular weight excluding hydrogens is 496 g/mol. The fraction of sp³-hybridized carbons (Fsp3) is 0.194. The minimum Gasteiger partial charge on any atom is -0.505 e. The molecule has 1 N–H and O–H groups in total. The number of anilines is 1. The molecule has 0 saturated carbocycles. The predicted octanol–water partition coefficient (Wildman–Crippen LogP) is 4.92. The second kappa shape index (κ2) is 9.47. The van der Waals surface area contributed by atoms with Crippen molar-refractivity contribution in [2.24, 2.45) is 5.92 Å². The summed E-state index contributed by atoms with van der Waals surface area (Å²) in [6, 6.07) is 24.5. The van der Waals surface area contributed by atoms with E-state index in [9.17, 15) is 19.5 Å². The van der Waals surface area contributed by atoms with Crippen molar-refractivity contribution in [3.8, 4) is 22.8 Å². The Kier molecular flexibility index (Phi) is 5.95. The van der Waals surface area contributed by atoms with E-state index in [0.717, 1.165) is 5.56 Å². The number of rotatable bonds is 6. The van der Waals surface area contributed by atoms with E-state index >= 15 is 0 Å². The molecule has 1 saturated heterocycles. The van der Waals surface area contributed by atoms with Crippen molar-refractivity contribution in [1.29, 1.82) is 0 Å². The number of carbonyl (C=O) groups excluding carboxylic acids is 3. The summed E-state index contributed by atoms with van der Waals surface area (Å²) in [4.78, 5) is 42.5. The Morgan fingerprint density at radius 1 is 0.897 bits per heavy atom. The third kappa shape index (κ3) is 3.63. The highest BCUT2D eigenvalue weighted by Crippen LogP contribution is 2.58. The molecule has 0 spiro atoms. The van der Waals surface area contributed by atoms with Crippen LogP contribution in [0.3, 0.4) is 0 Å². The number of esters is 1. The van der Waals surface area contributed by atoms with Gasteiger partial charge in [-0.15, -0.1) is 0 Å². The first-order chi connectivity index (χ1) is 19.0. The molecule has 8 heteroatoms. The van der Waals surface area contributed by atoms with E-state index in [1.807, 2.05) is 36.4 Å². The van der Waals surface area contributed by atoms with Crippen molar-refractivity contribution in [3.63, 3.8) is 0 Å². The summed E-state index contributed by atoms with van der Waals surface area (Å²) in [5.41, 5.74) is 2.45. The smallest absolute Gasteiger partial charge is 0.344 e. The van der Waals surface area contributed by atoms with Crippen LogP contribution in [-0.2, 0) is 14.3 Å². The summed E-state index contributed by atoms with van der Waals surface area (Å²) < 4.78 is 12.4. The molecule has 2 aliphatic heterocycles. The average molecular weight is 523 g/mol. The highest BCUT2D eigenvalue weighted by atomic mass is 16.5. The minimum absolute atomic E-state index is 0.0326. The van der Waals surface area contributed by atoms with Gasteiger partial charge >= 0.3 is 5.97 Å². The number of amides is 2. The average Bonchev–Trinajstić information content (AvgIpc) is 3.55. The second-order valence-electron chi connectivity index (χ2n) is 9.48. The van der Waals surface area contributed by atoms with Crippen molar-refractivity contribution < 1.29 is 29.0 Å². The van der Waals surface area contributed by atoms with Crippen molar-refractivity contribution in [2.45, 2.75) is 18.9 Å². The maximum absolute atomic E-state index is 14.0. The van der Waals surface area contributed by atoms with Crippen LogP contribution in [0.2, 0.25) is 0 Å². The van der Waals surface area contributed by atoms with Crippen LogP contribution >= 0.6 is 0 Å². The highest BCUT2D eigenvalue weighted by Gasteiger charge is 2.60. The number of nitrogens with zero attached hydrogens (tertiary/aromatic N) is 2. The van der Waals surface area contributed by atoms with Gasteiger partial charge < -0.3 is 19.1 Å². The van der Waals surface area contributed by atoms with E-state index in [-0.39, 0.29) is 29.5 Å². The summed E-state index contributed by atoms with van der Waals surface area (Å²) >= 11 is 0. The van der Waals surface area contributed by atoms with Gasteiger partial charge in [-0.2, -0.15) is 0 Å². The Morgan fingerprint density at radius 3 is 2.15 bits per heavy atom. The molecule has 1 fully saturated rings. The van der Waals surface area contributed by atoms with Crippen molar-refractivity contribution >= 4 is 23.5 Å². The normalized spacial score (nSPS) is 19.6. The van der Waals surface area contributed by atoms with E-state index in [0.29, 0.717) is 22.7 Å². The maximum atomic E-state index is 14.0. The molecular formula is C31H26N2O6. The summed E-state index contributed by atoms with van der Waals surface area (Å²) in [5, 5.41) is 11.6. The number of hydrogen-bond donors (Lipinski definition) is 1. The Labute approximate surface area is 225 Å². The zero-order valence-corrected chi connectivity index (χ0v) is 21.4. The molecule has 0 aliphatic carbocycles. The molecule has 0 unspecified atom stereocenters. The van der Waals surface area contributed by atoms with Gasteiger partial charge in [-0.3, -0.25) is 9.59 Å². The van der Waals surface area contributed by atoms with Gasteiger partial charge in [0.05, 0.1) is 48.7 Å². The molecule has 2 amide bonds. The van der Waals surface area contributed by atoms with E-state index in [1.54, 1.807) is 67.1 Å². The van der Waals surface area contributed by atoms with Gasteiger partial charge in [-0.1, -0.05) is 48.5 Å². The van der Waals surface area contributed by atoms with Gasteiger partial charge in [0, 0.05) is 0 Å². The first-order valence-electron chi connectivity index (χ1n) is 12.7. The van der Waals surface area contributed by atoms with Gasteiger partial charge in [0.25, 0.3) is 0 Å². The third-order valence-electron chi connectivity index (χ3n) is 7.48. The monoisotopic (exact) mass is 522 g/mol. The molecule has 1 aromatic heterocycles. The quantitative estimate of drug-likeness (QED) is 0.285. The summed E-state index contributed by atoms with van der Waals surface area (Å²) in [6.45, 7) is 1.79. The highest BCUT2D eigenvalue weighted by molar-refractivity contribution is 6.25. The van der Waals surface area contributed by atoms with Crippen LogP contribution in [0.15, 0.2) is 84.9 Å². The fourth-order valence-corrected chi connectivity index (χ4v) is 5.91.